The molecule has 1 amide bonds. The Kier molecular flexibility index (Phi) is 6.09. The fourth-order valence-electron chi connectivity index (χ4n) is 2.09. The topological polar surface area (TPSA) is 38.3 Å². The SMILES string of the molecule is CC(NC(=O)CCOc1ccc(F)cc1Cl)c1ccc(F)cc1F. The zero-order chi connectivity index (χ0) is 17.7. The van der Waals surface area contributed by atoms with E-state index in [9.17, 15) is 18.0 Å². The van der Waals surface area contributed by atoms with Gasteiger partial charge in [0.2, 0.25) is 5.91 Å². The second-order valence-corrected chi connectivity index (χ2v) is 5.54. The summed E-state index contributed by atoms with van der Waals surface area (Å²) in [6.07, 6.45) is 0.000852. The maximum atomic E-state index is 13.6. The first kappa shape index (κ1) is 18.1. The number of carbonyl (C=O) groups is 1. The molecule has 0 bridgehead atoms. The minimum absolute atomic E-state index is 0.000852. The van der Waals surface area contributed by atoms with Crippen molar-refractivity contribution in [3.8, 4) is 5.75 Å². The molecule has 1 N–H and O–H groups in total. The van der Waals surface area contributed by atoms with Crippen LogP contribution in [0.1, 0.15) is 24.9 Å². The van der Waals surface area contributed by atoms with Gasteiger partial charge in [-0.3, -0.25) is 4.79 Å². The molecular weight excluding hydrogens is 343 g/mol. The quantitative estimate of drug-likeness (QED) is 0.832. The molecule has 0 radical (unpaired) electrons. The van der Waals surface area contributed by atoms with Gasteiger partial charge in [0.25, 0.3) is 0 Å². The smallest absolute Gasteiger partial charge is 0.223 e. The third kappa shape index (κ3) is 4.89. The minimum atomic E-state index is -0.725. The van der Waals surface area contributed by atoms with Crippen LogP contribution in [0.3, 0.4) is 0 Å². The highest BCUT2D eigenvalue weighted by molar-refractivity contribution is 6.32. The number of ether oxygens (including phenoxy) is 1. The van der Waals surface area contributed by atoms with Crippen molar-refractivity contribution in [1.82, 2.24) is 5.32 Å². The van der Waals surface area contributed by atoms with Crippen LogP contribution < -0.4 is 10.1 Å². The highest BCUT2D eigenvalue weighted by Gasteiger charge is 2.14. The number of rotatable bonds is 6. The zero-order valence-corrected chi connectivity index (χ0v) is 13.5. The summed E-state index contributed by atoms with van der Waals surface area (Å²) in [4.78, 5) is 11.9. The van der Waals surface area contributed by atoms with Crippen LogP contribution in [0, 0.1) is 17.5 Å². The largest absolute Gasteiger partial charge is 0.491 e. The predicted molar refractivity (Wildman–Crippen MR) is 84.4 cm³/mol. The number of hydrogen-bond donors (Lipinski definition) is 1. The van der Waals surface area contributed by atoms with Gasteiger partial charge in [0.15, 0.2) is 0 Å². The summed E-state index contributed by atoms with van der Waals surface area (Å²) in [6.45, 7) is 1.61. The summed E-state index contributed by atoms with van der Waals surface area (Å²) in [5.74, 6) is -2.00. The van der Waals surface area contributed by atoms with E-state index in [-0.39, 0.29) is 35.3 Å². The van der Waals surface area contributed by atoms with Crippen LogP contribution in [0.2, 0.25) is 5.02 Å². The van der Waals surface area contributed by atoms with Crippen LogP contribution in [-0.4, -0.2) is 12.5 Å². The maximum absolute atomic E-state index is 13.6. The van der Waals surface area contributed by atoms with E-state index in [1.807, 2.05) is 0 Å². The molecule has 1 atom stereocenters. The van der Waals surface area contributed by atoms with Crippen molar-refractivity contribution in [1.29, 1.82) is 0 Å². The molecule has 2 aromatic rings. The first-order valence-electron chi connectivity index (χ1n) is 7.19. The van der Waals surface area contributed by atoms with Gasteiger partial charge in [0.05, 0.1) is 24.1 Å². The lowest BCUT2D eigenvalue weighted by molar-refractivity contribution is -0.122. The van der Waals surface area contributed by atoms with E-state index >= 15 is 0 Å². The molecule has 0 saturated heterocycles. The van der Waals surface area contributed by atoms with Crippen molar-refractivity contribution in [2.45, 2.75) is 19.4 Å². The molecule has 0 spiro atoms. The summed E-state index contributed by atoms with van der Waals surface area (Å²) < 4.78 is 44.7. The molecule has 0 aliphatic carbocycles. The van der Waals surface area contributed by atoms with E-state index in [0.717, 1.165) is 18.2 Å². The lowest BCUT2D eigenvalue weighted by atomic mass is 10.1. The minimum Gasteiger partial charge on any atom is -0.491 e. The molecule has 0 heterocycles. The summed E-state index contributed by atoms with van der Waals surface area (Å²) in [5.41, 5.74) is 0.187. The third-order valence-electron chi connectivity index (χ3n) is 3.29. The van der Waals surface area contributed by atoms with Crippen molar-refractivity contribution < 1.29 is 22.7 Å². The number of hydrogen-bond acceptors (Lipinski definition) is 2. The Labute approximate surface area is 142 Å². The molecule has 0 aliphatic rings. The fourth-order valence-corrected chi connectivity index (χ4v) is 2.31. The van der Waals surface area contributed by atoms with Crippen LogP contribution >= 0.6 is 11.6 Å². The number of carbonyl (C=O) groups excluding carboxylic acids is 1. The molecule has 2 aromatic carbocycles. The van der Waals surface area contributed by atoms with Gasteiger partial charge in [-0.15, -0.1) is 0 Å². The highest BCUT2D eigenvalue weighted by atomic mass is 35.5. The van der Waals surface area contributed by atoms with E-state index in [0.29, 0.717) is 0 Å². The van der Waals surface area contributed by atoms with Gasteiger partial charge >= 0.3 is 0 Å². The van der Waals surface area contributed by atoms with Crippen LogP contribution in [0.25, 0.3) is 0 Å². The molecule has 3 nitrogen and oxygen atoms in total. The number of halogens is 4. The molecule has 0 aromatic heterocycles. The van der Waals surface area contributed by atoms with E-state index in [1.165, 1.54) is 18.2 Å². The average molecular weight is 358 g/mol. The van der Waals surface area contributed by atoms with Crippen molar-refractivity contribution in [3.05, 3.63) is 64.4 Å². The molecule has 24 heavy (non-hydrogen) atoms. The van der Waals surface area contributed by atoms with Crippen molar-refractivity contribution in [2.75, 3.05) is 6.61 Å². The lowest BCUT2D eigenvalue weighted by Gasteiger charge is -2.15. The normalized spacial score (nSPS) is 11.9. The predicted octanol–water partition coefficient (Wildman–Crippen LogP) is 4.40. The molecule has 7 heteroatoms. The summed E-state index contributed by atoms with van der Waals surface area (Å²) >= 11 is 5.80. The van der Waals surface area contributed by atoms with Gasteiger partial charge in [0, 0.05) is 11.6 Å². The third-order valence-corrected chi connectivity index (χ3v) is 3.58. The first-order valence-corrected chi connectivity index (χ1v) is 7.57. The Morgan fingerprint density at radius 1 is 1.17 bits per heavy atom. The number of benzene rings is 2. The number of nitrogens with one attached hydrogen (secondary N) is 1. The summed E-state index contributed by atoms with van der Waals surface area (Å²) in [6, 6.07) is 6.22. The van der Waals surface area contributed by atoms with Gasteiger partial charge in [-0.25, -0.2) is 13.2 Å². The van der Waals surface area contributed by atoms with Crippen molar-refractivity contribution in [2.24, 2.45) is 0 Å². The second-order valence-electron chi connectivity index (χ2n) is 5.13. The van der Waals surface area contributed by atoms with E-state index < -0.39 is 23.5 Å². The monoisotopic (exact) mass is 357 g/mol. The fraction of sp³-hybridized carbons (Fsp3) is 0.235. The lowest BCUT2D eigenvalue weighted by Crippen LogP contribution is -2.28. The van der Waals surface area contributed by atoms with Gasteiger partial charge in [-0.2, -0.15) is 0 Å². The van der Waals surface area contributed by atoms with Gasteiger partial charge < -0.3 is 10.1 Å². The van der Waals surface area contributed by atoms with Crippen LogP contribution in [0.4, 0.5) is 13.2 Å². The Morgan fingerprint density at radius 2 is 1.83 bits per heavy atom. The molecule has 0 aliphatic heterocycles. The van der Waals surface area contributed by atoms with Gasteiger partial charge in [-0.1, -0.05) is 17.7 Å². The van der Waals surface area contributed by atoms with Crippen molar-refractivity contribution >= 4 is 17.5 Å². The molecule has 0 fully saturated rings. The summed E-state index contributed by atoms with van der Waals surface area (Å²) in [7, 11) is 0. The maximum Gasteiger partial charge on any atom is 0.223 e. The standard InChI is InChI=1S/C17H15ClF3NO2/c1-10(13-4-2-12(20)9-15(13)21)22-17(23)6-7-24-16-5-3-11(19)8-14(16)18/h2-5,8-10H,6-7H2,1H3,(H,22,23). The van der Waals surface area contributed by atoms with Crippen LogP contribution in [-0.2, 0) is 4.79 Å². The first-order chi connectivity index (χ1) is 11.4. The highest BCUT2D eigenvalue weighted by Crippen LogP contribution is 2.25. The molecule has 1 unspecified atom stereocenters. The second kappa shape index (κ2) is 8.06. The van der Waals surface area contributed by atoms with E-state index in [4.69, 9.17) is 16.3 Å². The molecule has 128 valence electrons. The van der Waals surface area contributed by atoms with Gasteiger partial charge in [-0.05, 0) is 31.2 Å². The van der Waals surface area contributed by atoms with E-state index in [1.54, 1.807) is 6.92 Å². The van der Waals surface area contributed by atoms with Crippen molar-refractivity contribution in [3.63, 3.8) is 0 Å². The Balaban J connectivity index is 1.84. The molecule has 2 rings (SSSR count). The van der Waals surface area contributed by atoms with Crippen LogP contribution in [0.15, 0.2) is 36.4 Å². The molecular formula is C17H15ClF3NO2. The Bertz CT molecular complexity index is 740. The van der Waals surface area contributed by atoms with Gasteiger partial charge in [0.1, 0.15) is 23.2 Å². The summed E-state index contributed by atoms with van der Waals surface area (Å²) in [5, 5.41) is 2.70. The average Bonchev–Trinajstić information content (AvgIpc) is 2.49. The Morgan fingerprint density at radius 3 is 2.50 bits per heavy atom. The van der Waals surface area contributed by atoms with E-state index in [2.05, 4.69) is 5.32 Å². The molecule has 0 saturated carbocycles. The zero-order valence-electron chi connectivity index (χ0n) is 12.8. The number of amides is 1. The van der Waals surface area contributed by atoms with Crippen LogP contribution in [0.5, 0.6) is 5.75 Å². The Hall–Kier alpha value is -2.21.